The molecular formula is C15H30N2O. The number of hydrogen-bond acceptors (Lipinski definition) is 3. The zero-order chi connectivity index (χ0) is 13.0. The zero-order valence-corrected chi connectivity index (χ0v) is 12.3. The first-order chi connectivity index (χ1) is 8.70. The van der Waals surface area contributed by atoms with Crippen molar-refractivity contribution >= 4 is 0 Å². The van der Waals surface area contributed by atoms with E-state index in [9.17, 15) is 0 Å². The van der Waals surface area contributed by atoms with Gasteiger partial charge < -0.3 is 10.1 Å². The molecule has 18 heavy (non-hydrogen) atoms. The van der Waals surface area contributed by atoms with E-state index >= 15 is 0 Å². The van der Waals surface area contributed by atoms with E-state index in [1.165, 1.54) is 45.2 Å². The summed E-state index contributed by atoms with van der Waals surface area (Å²) in [5.41, 5.74) is 0. The van der Waals surface area contributed by atoms with Gasteiger partial charge in [0.25, 0.3) is 0 Å². The number of hydrogen-bond donors (Lipinski definition) is 1. The topological polar surface area (TPSA) is 24.5 Å². The molecule has 1 N–H and O–H groups in total. The van der Waals surface area contributed by atoms with Gasteiger partial charge >= 0.3 is 0 Å². The van der Waals surface area contributed by atoms with Gasteiger partial charge in [-0.3, -0.25) is 4.90 Å². The van der Waals surface area contributed by atoms with Crippen molar-refractivity contribution in [2.75, 3.05) is 26.8 Å². The Hall–Kier alpha value is -0.120. The second kappa shape index (κ2) is 6.88. The van der Waals surface area contributed by atoms with Crippen LogP contribution in [0, 0.1) is 5.92 Å². The van der Waals surface area contributed by atoms with E-state index < -0.39 is 0 Å². The summed E-state index contributed by atoms with van der Waals surface area (Å²) in [6.45, 7) is 8.06. The summed E-state index contributed by atoms with van der Waals surface area (Å²) in [5, 5.41) is 3.60. The molecule has 0 aromatic rings. The molecule has 106 valence electrons. The summed E-state index contributed by atoms with van der Waals surface area (Å²) in [5.74, 6) is 0.856. The number of nitrogens with zero attached hydrogens (tertiary/aromatic N) is 1. The third-order valence-corrected chi connectivity index (χ3v) is 4.62. The highest BCUT2D eigenvalue weighted by atomic mass is 16.5. The van der Waals surface area contributed by atoms with E-state index in [0.717, 1.165) is 18.6 Å². The van der Waals surface area contributed by atoms with Crippen LogP contribution in [0.3, 0.4) is 0 Å². The predicted molar refractivity (Wildman–Crippen MR) is 75.9 cm³/mol. The van der Waals surface area contributed by atoms with Crippen LogP contribution in [-0.2, 0) is 4.74 Å². The van der Waals surface area contributed by atoms with Crippen LogP contribution in [0.5, 0.6) is 0 Å². The molecule has 2 aliphatic rings. The molecule has 0 saturated carbocycles. The molecule has 2 saturated heterocycles. The lowest BCUT2D eigenvalue weighted by Crippen LogP contribution is -2.44. The van der Waals surface area contributed by atoms with Gasteiger partial charge in [0.15, 0.2) is 0 Å². The summed E-state index contributed by atoms with van der Waals surface area (Å²) in [4.78, 5) is 2.73. The van der Waals surface area contributed by atoms with E-state index in [-0.39, 0.29) is 0 Å². The monoisotopic (exact) mass is 254 g/mol. The second-order valence-electron chi connectivity index (χ2n) is 6.38. The lowest BCUT2D eigenvalue weighted by Gasteiger charge is -2.39. The Bertz CT molecular complexity index is 245. The molecule has 2 rings (SSSR count). The molecular weight excluding hydrogens is 224 g/mol. The molecule has 0 aliphatic carbocycles. The van der Waals surface area contributed by atoms with Crippen LogP contribution in [0.1, 0.15) is 46.0 Å². The number of rotatable bonds is 5. The smallest absolute Gasteiger partial charge is 0.0615 e. The lowest BCUT2D eigenvalue weighted by molar-refractivity contribution is 0.0937. The maximum absolute atomic E-state index is 5.25. The minimum atomic E-state index is 0.594. The molecule has 3 nitrogen and oxygen atoms in total. The minimum absolute atomic E-state index is 0.594. The summed E-state index contributed by atoms with van der Waals surface area (Å²) >= 11 is 0. The summed E-state index contributed by atoms with van der Waals surface area (Å²) < 4.78 is 5.25. The first-order valence-electron chi connectivity index (χ1n) is 7.68. The van der Waals surface area contributed by atoms with Gasteiger partial charge in [0.1, 0.15) is 0 Å². The highest BCUT2D eigenvalue weighted by molar-refractivity contribution is 4.87. The number of methoxy groups -OCH3 is 1. The van der Waals surface area contributed by atoms with E-state index in [4.69, 9.17) is 4.74 Å². The Labute approximate surface area is 112 Å². The fraction of sp³-hybridized carbons (Fsp3) is 1.00. The van der Waals surface area contributed by atoms with E-state index in [0.29, 0.717) is 12.1 Å². The van der Waals surface area contributed by atoms with Gasteiger partial charge in [-0.25, -0.2) is 0 Å². The van der Waals surface area contributed by atoms with Gasteiger partial charge in [-0.05, 0) is 58.5 Å². The van der Waals surface area contributed by atoms with Crippen molar-refractivity contribution in [2.24, 2.45) is 5.92 Å². The Kier molecular flexibility index (Phi) is 5.46. The highest BCUT2D eigenvalue weighted by Gasteiger charge is 2.30. The average Bonchev–Trinajstić information content (AvgIpc) is 2.77. The van der Waals surface area contributed by atoms with Crippen molar-refractivity contribution in [3.05, 3.63) is 0 Å². The summed E-state index contributed by atoms with van der Waals surface area (Å²) in [6.07, 6.45) is 6.91. The molecule has 0 radical (unpaired) electrons. The molecule has 2 heterocycles. The van der Waals surface area contributed by atoms with Gasteiger partial charge in [-0.15, -0.1) is 0 Å². The van der Waals surface area contributed by atoms with E-state index in [1.807, 2.05) is 0 Å². The van der Waals surface area contributed by atoms with Crippen molar-refractivity contribution in [3.8, 4) is 0 Å². The molecule has 2 aliphatic heterocycles. The van der Waals surface area contributed by atoms with Crippen LogP contribution < -0.4 is 5.32 Å². The molecule has 3 atom stereocenters. The quantitative estimate of drug-likeness (QED) is 0.814. The molecule has 0 aromatic heterocycles. The van der Waals surface area contributed by atoms with Gasteiger partial charge in [0.05, 0.1) is 6.61 Å². The fourth-order valence-corrected chi connectivity index (χ4v) is 3.75. The van der Waals surface area contributed by atoms with Crippen molar-refractivity contribution in [1.29, 1.82) is 0 Å². The van der Waals surface area contributed by atoms with Crippen molar-refractivity contribution in [2.45, 2.75) is 64.1 Å². The number of nitrogens with one attached hydrogen (secondary N) is 1. The summed E-state index contributed by atoms with van der Waals surface area (Å²) in [6, 6.07) is 2.13. The third kappa shape index (κ3) is 3.69. The lowest BCUT2D eigenvalue weighted by atomic mass is 9.90. The Balaban J connectivity index is 1.81. The Morgan fingerprint density at radius 3 is 2.89 bits per heavy atom. The van der Waals surface area contributed by atoms with Crippen LogP contribution >= 0.6 is 0 Å². The van der Waals surface area contributed by atoms with Crippen molar-refractivity contribution in [3.63, 3.8) is 0 Å². The molecule has 0 amide bonds. The largest absolute Gasteiger partial charge is 0.383 e. The molecule has 0 aromatic carbocycles. The first kappa shape index (κ1) is 14.3. The van der Waals surface area contributed by atoms with E-state index in [2.05, 4.69) is 24.1 Å². The fourth-order valence-electron chi connectivity index (χ4n) is 3.75. The minimum Gasteiger partial charge on any atom is -0.383 e. The van der Waals surface area contributed by atoms with Crippen LogP contribution in [0.2, 0.25) is 0 Å². The number of ether oxygens (including phenoxy) is 1. The zero-order valence-electron chi connectivity index (χ0n) is 12.3. The van der Waals surface area contributed by atoms with Crippen LogP contribution in [-0.4, -0.2) is 49.8 Å². The SMILES string of the molecule is COCC1CC(CC2CCCCN2C(C)C)CN1. The Morgan fingerprint density at radius 2 is 2.17 bits per heavy atom. The van der Waals surface area contributed by atoms with Gasteiger partial charge in [-0.2, -0.15) is 0 Å². The van der Waals surface area contributed by atoms with Crippen molar-refractivity contribution < 1.29 is 4.74 Å². The number of likely N-dealkylation sites (tertiary alicyclic amines) is 1. The Morgan fingerprint density at radius 1 is 1.33 bits per heavy atom. The maximum Gasteiger partial charge on any atom is 0.0615 e. The third-order valence-electron chi connectivity index (χ3n) is 4.62. The standard InChI is InChI=1S/C15H30N2O/c1-12(2)17-7-5-4-6-15(17)9-13-8-14(11-18-3)16-10-13/h12-16H,4-11H2,1-3H3. The second-order valence-corrected chi connectivity index (χ2v) is 6.38. The maximum atomic E-state index is 5.25. The first-order valence-corrected chi connectivity index (χ1v) is 7.68. The van der Waals surface area contributed by atoms with E-state index in [1.54, 1.807) is 7.11 Å². The molecule has 0 spiro atoms. The normalized spacial score (nSPS) is 34.3. The number of piperidine rings is 1. The summed E-state index contributed by atoms with van der Waals surface area (Å²) in [7, 11) is 1.80. The highest BCUT2D eigenvalue weighted by Crippen LogP contribution is 2.28. The molecule has 2 fully saturated rings. The molecule has 3 unspecified atom stereocenters. The van der Waals surface area contributed by atoms with Crippen LogP contribution in [0.15, 0.2) is 0 Å². The average molecular weight is 254 g/mol. The molecule has 0 bridgehead atoms. The molecule has 3 heteroatoms. The predicted octanol–water partition coefficient (Wildman–Crippen LogP) is 2.26. The van der Waals surface area contributed by atoms with Crippen molar-refractivity contribution in [1.82, 2.24) is 10.2 Å². The van der Waals surface area contributed by atoms with Crippen LogP contribution in [0.25, 0.3) is 0 Å². The van der Waals surface area contributed by atoms with Gasteiger partial charge in [0, 0.05) is 25.2 Å². The van der Waals surface area contributed by atoms with Gasteiger partial charge in [0.2, 0.25) is 0 Å². The van der Waals surface area contributed by atoms with Gasteiger partial charge in [-0.1, -0.05) is 6.42 Å². The van der Waals surface area contributed by atoms with Crippen LogP contribution in [0.4, 0.5) is 0 Å².